The summed E-state index contributed by atoms with van der Waals surface area (Å²) in [6.07, 6.45) is 18.6. The molecule has 156 valence electrons. The van der Waals surface area contributed by atoms with Gasteiger partial charge in [0.05, 0.1) is 18.6 Å². The van der Waals surface area contributed by atoms with Crippen LogP contribution in [0, 0.1) is 0 Å². The highest BCUT2D eigenvalue weighted by Gasteiger charge is 2.10. The standard InChI is InChI=1S/C22H44O4/c1-2-3-4-5-6-7-8-9-10-11-12-13-14-16-20(23)17-15-18-21(24)19-22(25)26/h20-21,23-24H,2-19H2,1H3,(H,25,26)/t20-,21-/m1/s1. The summed E-state index contributed by atoms with van der Waals surface area (Å²) < 4.78 is 0. The lowest BCUT2D eigenvalue weighted by molar-refractivity contribution is -0.139. The summed E-state index contributed by atoms with van der Waals surface area (Å²) in [4.78, 5) is 10.4. The summed E-state index contributed by atoms with van der Waals surface area (Å²) in [6.45, 7) is 2.26. The molecule has 0 radical (unpaired) electrons. The number of aliphatic hydroxyl groups excluding tert-OH is 2. The van der Waals surface area contributed by atoms with E-state index in [9.17, 15) is 15.0 Å². The zero-order valence-electron chi connectivity index (χ0n) is 17.1. The number of carboxylic acid groups (broad SMARTS) is 1. The van der Waals surface area contributed by atoms with E-state index in [1.165, 1.54) is 77.0 Å². The van der Waals surface area contributed by atoms with Crippen LogP contribution in [0.3, 0.4) is 0 Å². The van der Waals surface area contributed by atoms with Crippen LogP contribution in [-0.4, -0.2) is 33.5 Å². The molecule has 0 aromatic rings. The fourth-order valence-corrected chi connectivity index (χ4v) is 3.43. The lowest BCUT2D eigenvalue weighted by Crippen LogP contribution is -2.14. The topological polar surface area (TPSA) is 77.8 Å². The zero-order valence-corrected chi connectivity index (χ0v) is 17.1. The number of aliphatic hydroxyl groups is 2. The molecule has 0 aliphatic carbocycles. The van der Waals surface area contributed by atoms with E-state index in [-0.39, 0.29) is 12.5 Å². The molecule has 0 saturated carbocycles. The average molecular weight is 373 g/mol. The lowest BCUT2D eigenvalue weighted by Gasteiger charge is -2.12. The van der Waals surface area contributed by atoms with Gasteiger partial charge in [-0.2, -0.15) is 0 Å². The molecule has 0 spiro atoms. The van der Waals surface area contributed by atoms with E-state index in [1.807, 2.05) is 0 Å². The molecule has 0 amide bonds. The number of unbranched alkanes of at least 4 members (excludes halogenated alkanes) is 12. The number of carboxylic acids is 1. The zero-order chi connectivity index (χ0) is 19.5. The molecule has 4 heteroatoms. The van der Waals surface area contributed by atoms with Crippen molar-refractivity contribution in [2.75, 3.05) is 0 Å². The van der Waals surface area contributed by atoms with Crippen molar-refractivity contribution >= 4 is 5.97 Å². The monoisotopic (exact) mass is 372 g/mol. The minimum Gasteiger partial charge on any atom is -0.481 e. The summed E-state index contributed by atoms with van der Waals surface area (Å²) in [5, 5.41) is 28.0. The fraction of sp³-hybridized carbons (Fsp3) is 0.955. The SMILES string of the molecule is CCCCCCCCCCCCCCC[C@@H](O)CCC[C@@H](O)CC(=O)O. The molecule has 4 nitrogen and oxygen atoms in total. The van der Waals surface area contributed by atoms with Crippen molar-refractivity contribution in [2.45, 2.75) is 135 Å². The van der Waals surface area contributed by atoms with Gasteiger partial charge >= 0.3 is 5.97 Å². The van der Waals surface area contributed by atoms with Gasteiger partial charge < -0.3 is 15.3 Å². The first kappa shape index (κ1) is 25.4. The van der Waals surface area contributed by atoms with Crippen molar-refractivity contribution in [3.05, 3.63) is 0 Å². The van der Waals surface area contributed by atoms with Gasteiger partial charge in [0.25, 0.3) is 0 Å². The van der Waals surface area contributed by atoms with Crippen molar-refractivity contribution in [3.63, 3.8) is 0 Å². The maximum Gasteiger partial charge on any atom is 0.305 e. The van der Waals surface area contributed by atoms with Crippen LogP contribution in [0.1, 0.15) is 122 Å². The van der Waals surface area contributed by atoms with Crippen LogP contribution in [0.2, 0.25) is 0 Å². The molecular formula is C22H44O4. The molecule has 0 aliphatic rings. The van der Waals surface area contributed by atoms with Crippen LogP contribution in [0.25, 0.3) is 0 Å². The summed E-state index contributed by atoms with van der Waals surface area (Å²) in [6, 6.07) is 0. The first-order valence-electron chi connectivity index (χ1n) is 11.1. The van der Waals surface area contributed by atoms with Crippen molar-refractivity contribution in [2.24, 2.45) is 0 Å². The van der Waals surface area contributed by atoms with Gasteiger partial charge in [-0.1, -0.05) is 90.4 Å². The normalized spacial score (nSPS) is 13.7. The Labute approximate surface area is 161 Å². The largest absolute Gasteiger partial charge is 0.481 e. The molecule has 0 fully saturated rings. The Morgan fingerprint density at radius 3 is 1.46 bits per heavy atom. The number of rotatable bonds is 20. The van der Waals surface area contributed by atoms with Crippen LogP contribution in [0.15, 0.2) is 0 Å². The number of hydrogen-bond donors (Lipinski definition) is 3. The van der Waals surface area contributed by atoms with Crippen molar-refractivity contribution < 1.29 is 20.1 Å². The molecule has 0 heterocycles. The van der Waals surface area contributed by atoms with E-state index in [0.717, 1.165) is 12.8 Å². The highest BCUT2D eigenvalue weighted by molar-refractivity contribution is 5.67. The molecule has 0 saturated heterocycles. The third kappa shape index (κ3) is 19.7. The number of hydrogen-bond acceptors (Lipinski definition) is 3. The van der Waals surface area contributed by atoms with Gasteiger partial charge in [-0.25, -0.2) is 0 Å². The van der Waals surface area contributed by atoms with Crippen LogP contribution >= 0.6 is 0 Å². The highest BCUT2D eigenvalue weighted by Crippen LogP contribution is 2.15. The third-order valence-corrected chi connectivity index (χ3v) is 5.13. The van der Waals surface area contributed by atoms with Gasteiger partial charge in [-0.3, -0.25) is 4.79 Å². The van der Waals surface area contributed by atoms with Crippen molar-refractivity contribution in [3.8, 4) is 0 Å². The Balaban J connectivity index is 3.23. The maximum absolute atomic E-state index is 10.4. The van der Waals surface area contributed by atoms with Crippen LogP contribution in [0.5, 0.6) is 0 Å². The Hall–Kier alpha value is -0.610. The Bertz CT molecular complexity index is 307. The molecular weight excluding hydrogens is 328 g/mol. The number of carbonyl (C=O) groups is 1. The molecule has 0 aliphatic heterocycles. The molecule has 0 rings (SSSR count). The van der Waals surface area contributed by atoms with E-state index < -0.39 is 12.1 Å². The molecule has 0 aromatic carbocycles. The Morgan fingerprint density at radius 1 is 0.615 bits per heavy atom. The maximum atomic E-state index is 10.4. The third-order valence-electron chi connectivity index (χ3n) is 5.13. The minimum absolute atomic E-state index is 0.199. The molecule has 0 aromatic heterocycles. The van der Waals surface area contributed by atoms with E-state index >= 15 is 0 Å². The highest BCUT2D eigenvalue weighted by atomic mass is 16.4. The van der Waals surface area contributed by atoms with Gasteiger partial charge in [0.1, 0.15) is 0 Å². The van der Waals surface area contributed by atoms with Crippen molar-refractivity contribution in [1.29, 1.82) is 0 Å². The second-order valence-corrected chi connectivity index (χ2v) is 7.87. The second kappa shape index (κ2) is 19.2. The minimum atomic E-state index is -0.968. The van der Waals surface area contributed by atoms with E-state index in [4.69, 9.17) is 5.11 Å². The summed E-state index contributed by atoms with van der Waals surface area (Å²) >= 11 is 0. The van der Waals surface area contributed by atoms with Gasteiger partial charge in [0.15, 0.2) is 0 Å². The van der Waals surface area contributed by atoms with E-state index in [2.05, 4.69) is 6.92 Å². The summed E-state index contributed by atoms with van der Waals surface area (Å²) in [5.41, 5.74) is 0. The van der Waals surface area contributed by atoms with Crippen molar-refractivity contribution in [1.82, 2.24) is 0 Å². The lowest BCUT2D eigenvalue weighted by atomic mass is 10.0. The average Bonchev–Trinajstić information content (AvgIpc) is 2.58. The summed E-state index contributed by atoms with van der Waals surface area (Å²) in [5.74, 6) is -0.968. The predicted octanol–water partition coefficient (Wildman–Crippen LogP) is 5.83. The first-order valence-corrected chi connectivity index (χ1v) is 11.1. The van der Waals surface area contributed by atoms with Crippen LogP contribution in [-0.2, 0) is 4.79 Å². The molecule has 0 bridgehead atoms. The van der Waals surface area contributed by atoms with Gasteiger partial charge in [0, 0.05) is 0 Å². The quantitative estimate of drug-likeness (QED) is 0.235. The van der Waals surface area contributed by atoms with Crippen LogP contribution in [0.4, 0.5) is 0 Å². The van der Waals surface area contributed by atoms with Gasteiger partial charge in [0.2, 0.25) is 0 Å². The second-order valence-electron chi connectivity index (χ2n) is 7.87. The Morgan fingerprint density at radius 2 is 1.00 bits per heavy atom. The van der Waals surface area contributed by atoms with Gasteiger partial charge in [-0.15, -0.1) is 0 Å². The first-order chi connectivity index (χ1) is 12.6. The van der Waals surface area contributed by atoms with Gasteiger partial charge in [-0.05, 0) is 25.7 Å². The molecule has 0 unspecified atom stereocenters. The van der Waals surface area contributed by atoms with Crippen LogP contribution < -0.4 is 0 Å². The van der Waals surface area contributed by atoms with E-state index in [0.29, 0.717) is 19.3 Å². The summed E-state index contributed by atoms with van der Waals surface area (Å²) in [7, 11) is 0. The molecule has 26 heavy (non-hydrogen) atoms. The Kier molecular flexibility index (Phi) is 18.7. The predicted molar refractivity (Wildman–Crippen MR) is 108 cm³/mol. The fourth-order valence-electron chi connectivity index (χ4n) is 3.43. The smallest absolute Gasteiger partial charge is 0.305 e. The number of aliphatic carboxylic acids is 1. The van der Waals surface area contributed by atoms with E-state index in [1.54, 1.807) is 0 Å². The molecule has 2 atom stereocenters. The molecule has 3 N–H and O–H groups in total.